The predicted octanol–water partition coefficient (Wildman–Crippen LogP) is 2.66. The van der Waals surface area contributed by atoms with Crippen molar-refractivity contribution in [2.24, 2.45) is 5.92 Å². The number of likely N-dealkylation sites (tertiary alicyclic amines) is 1. The van der Waals surface area contributed by atoms with Gasteiger partial charge in [0.1, 0.15) is 13.2 Å². The molecule has 1 aromatic rings. The van der Waals surface area contributed by atoms with Crippen LogP contribution in [0, 0.1) is 5.92 Å². The first-order chi connectivity index (χ1) is 12.7. The number of rotatable bonds is 4. The summed E-state index contributed by atoms with van der Waals surface area (Å²) in [5, 5.41) is 3.03. The molecule has 1 atom stereocenters. The second-order valence-electron chi connectivity index (χ2n) is 8.45. The van der Waals surface area contributed by atoms with Crippen LogP contribution < -0.4 is 14.8 Å². The molecule has 0 bridgehead atoms. The molecule has 1 N–H and O–H groups in total. The van der Waals surface area contributed by atoms with Crippen LogP contribution in [0.1, 0.15) is 50.9 Å². The highest BCUT2D eigenvalue weighted by molar-refractivity contribution is 5.98. The van der Waals surface area contributed by atoms with Crippen LogP contribution in [0.5, 0.6) is 11.5 Å². The van der Waals surface area contributed by atoms with E-state index in [2.05, 4.69) is 10.2 Å². The van der Waals surface area contributed by atoms with Crippen molar-refractivity contribution in [2.45, 2.75) is 52.1 Å². The fraction of sp³-hybridized carbons (Fsp3) is 0.619. The maximum atomic E-state index is 12.9. The standard InChI is InChI=1S/C21H30N2O4/c1-14(20(25)22-21(2,3)4)23-9-7-15(8-10-23)19(24)16-5-6-17-18(13-16)27-12-11-26-17/h5-6,13-15H,7-12H2,1-4H3,(H,22,25). The number of Topliss-reactive ketones (excluding diaryl/α,β-unsaturated/α-hetero) is 1. The minimum absolute atomic E-state index is 0.0123. The third-order valence-electron chi connectivity index (χ3n) is 5.15. The van der Waals surface area contributed by atoms with Gasteiger partial charge < -0.3 is 14.8 Å². The second kappa shape index (κ2) is 7.89. The highest BCUT2D eigenvalue weighted by atomic mass is 16.6. The maximum Gasteiger partial charge on any atom is 0.237 e. The van der Waals surface area contributed by atoms with Gasteiger partial charge in [-0.05, 0) is 71.8 Å². The van der Waals surface area contributed by atoms with E-state index in [1.807, 2.05) is 39.8 Å². The number of amides is 1. The van der Waals surface area contributed by atoms with Crippen molar-refractivity contribution in [1.82, 2.24) is 10.2 Å². The van der Waals surface area contributed by atoms with E-state index in [-0.39, 0.29) is 29.2 Å². The van der Waals surface area contributed by atoms with Gasteiger partial charge in [0.2, 0.25) is 5.91 Å². The van der Waals surface area contributed by atoms with Crippen LogP contribution in [-0.2, 0) is 4.79 Å². The summed E-state index contributed by atoms with van der Waals surface area (Å²) in [6, 6.07) is 5.24. The normalized spacial score (nSPS) is 19.4. The molecule has 0 aliphatic carbocycles. The van der Waals surface area contributed by atoms with E-state index in [1.165, 1.54) is 0 Å². The zero-order valence-corrected chi connectivity index (χ0v) is 16.7. The number of ketones is 1. The van der Waals surface area contributed by atoms with E-state index >= 15 is 0 Å². The number of carbonyl (C=O) groups excluding carboxylic acids is 2. The molecule has 148 valence electrons. The van der Waals surface area contributed by atoms with Crippen LogP contribution >= 0.6 is 0 Å². The van der Waals surface area contributed by atoms with Crippen LogP contribution in [0.3, 0.4) is 0 Å². The van der Waals surface area contributed by atoms with E-state index in [4.69, 9.17) is 9.47 Å². The summed E-state index contributed by atoms with van der Waals surface area (Å²) in [7, 11) is 0. The van der Waals surface area contributed by atoms with Gasteiger partial charge in [-0.25, -0.2) is 0 Å². The van der Waals surface area contributed by atoms with Gasteiger partial charge in [0, 0.05) is 17.0 Å². The molecule has 6 nitrogen and oxygen atoms in total. The van der Waals surface area contributed by atoms with Gasteiger partial charge in [-0.1, -0.05) is 0 Å². The monoisotopic (exact) mass is 374 g/mol. The van der Waals surface area contributed by atoms with Crippen molar-refractivity contribution < 1.29 is 19.1 Å². The third kappa shape index (κ3) is 4.80. The predicted molar refractivity (Wildman–Crippen MR) is 103 cm³/mol. The van der Waals surface area contributed by atoms with E-state index < -0.39 is 0 Å². The van der Waals surface area contributed by atoms with E-state index in [0.717, 1.165) is 25.9 Å². The highest BCUT2D eigenvalue weighted by Crippen LogP contribution is 2.32. The Morgan fingerprint density at radius 3 is 2.37 bits per heavy atom. The van der Waals surface area contributed by atoms with Crippen LogP contribution in [-0.4, -0.2) is 54.5 Å². The molecule has 3 rings (SSSR count). The van der Waals surface area contributed by atoms with Crippen LogP contribution in [0.2, 0.25) is 0 Å². The van der Waals surface area contributed by atoms with E-state index in [0.29, 0.717) is 30.3 Å². The van der Waals surface area contributed by atoms with Crippen LogP contribution in [0.25, 0.3) is 0 Å². The number of nitrogens with one attached hydrogen (secondary N) is 1. The minimum Gasteiger partial charge on any atom is -0.486 e. The molecule has 0 spiro atoms. The second-order valence-corrected chi connectivity index (χ2v) is 8.45. The quantitative estimate of drug-likeness (QED) is 0.821. The molecule has 27 heavy (non-hydrogen) atoms. The lowest BCUT2D eigenvalue weighted by molar-refractivity contribution is -0.127. The molecule has 1 saturated heterocycles. The molecule has 0 aromatic heterocycles. The summed E-state index contributed by atoms with van der Waals surface area (Å²) in [5.74, 6) is 1.53. The first kappa shape index (κ1) is 19.7. The van der Waals surface area contributed by atoms with Gasteiger partial charge in [-0.2, -0.15) is 0 Å². The topological polar surface area (TPSA) is 67.9 Å². The van der Waals surface area contributed by atoms with Gasteiger partial charge >= 0.3 is 0 Å². The number of hydrogen-bond donors (Lipinski definition) is 1. The fourth-order valence-electron chi connectivity index (χ4n) is 3.62. The first-order valence-corrected chi connectivity index (χ1v) is 9.74. The Bertz CT molecular complexity index is 703. The zero-order valence-electron chi connectivity index (χ0n) is 16.7. The van der Waals surface area contributed by atoms with Crippen molar-refractivity contribution in [1.29, 1.82) is 0 Å². The van der Waals surface area contributed by atoms with Gasteiger partial charge in [0.25, 0.3) is 0 Å². The van der Waals surface area contributed by atoms with E-state index in [9.17, 15) is 9.59 Å². The number of benzene rings is 1. The smallest absolute Gasteiger partial charge is 0.237 e. The average molecular weight is 374 g/mol. The van der Waals surface area contributed by atoms with Gasteiger partial charge in [0.15, 0.2) is 17.3 Å². The first-order valence-electron chi connectivity index (χ1n) is 9.74. The lowest BCUT2D eigenvalue weighted by Crippen LogP contribution is -2.53. The SMILES string of the molecule is CC(C(=O)NC(C)(C)C)N1CCC(C(=O)c2ccc3c(c2)OCCO3)CC1. The van der Waals surface area contributed by atoms with Gasteiger partial charge in [-0.3, -0.25) is 14.5 Å². The molecule has 1 amide bonds. The number of piperidine rings is 1. The molecule has 6 heteroatoms. The van der Waals surface area contributed by atoms with Crippen molar-refractivity contribution in [3.8, 4) is 11.5 Å². The molecule has 2 heterocycles. The number of nitrogens with zero attached hydrogens (tertiary/aromatic N) is 1. The summed E-state index contributed by atoms with van der Waals surface area (Å²) in [5.41, 5.74) is 0.439. The number of ether oxygens (including phenoxy) is 2. The Labute approximate surface area is 161 Å². The van der Waals surface area contributed by atoms with E-state index in [1.54, 1.807) is 6.07 Å². The van der Waals surface area contributed by atoms with Crippen molar-refractivity contribution >= 4 is 11.7 Å². The lowest BCUT2D eigenvalue weighted by Gasteiger charge is -2.36. The van der Waals surface area contributed by atoms with Crippen molar-refractivity contribution in [2.75, 3.05) is 26.3 Å². The summed E-state index contributed by atoms with van der Waals surface area (Å²) in [6.45, 7) is 10.4. The molecular weight excluding hydrogens is 344 g/mol. The summed E-state index contributed by atoms with van der Waals surface area (Å²) >= 11 is 0. The Hall–Kier alpha value is -2.08. The highest BCUT2D eigenvalue weighted by Gasteiger charge is 2.31. The molecule has 1 unspecified atom stereocenters. The summed E-state index contributed by atoms with van der Waals surface area (Å²) in [6.07, 6.45) is 1.53. The molecular formula is C21H30N2O4. The minimum atomic E-state index is -0.238. The molecule has 2 aliphatic heterocycles. The molecule has 0 radical (unpaired) electrons. The average Bonchev–Trinajstić information content (AvgIpc) is 2.65. The fourth-order valence-corrected chi connectivity index (χ4v) is 3.62. The molecule has 0 saturated carbocycles. The Balaban J connectivity index is 1.57. The Morgan fingerprint density at radius 2 is 1.74 bits per heavy atom. The van der Waals surface area contributed by atoms with Crippen LogP contribution in [0.4, 0.5) is 0 Å². The number of fused-ring (bicyclic) bond motifs is 1. The summed E-state index contributed by atoms with van der Waals surface area (Å²) in [4.78, 5) is 27.4. The Morgan fingerprint density at radius 1 is 1.11 bits per heavy atom. The number of hydrogen-bond acceptors (Lipinski definition) is 5. The molecule has 1 aromatic carbocycles. The van der Waals surface area contributed by atoms with Gasteiger partial charge in [0.05, 0.1) is 6.04 Å². The van der Waals surface area contributed by atoms with Crippen LogP contribution in [0.15, 0.2) is 18.2 Å². The summed E-state index contributed by atoms with van der Waals surface area (Å²) < 4.78 is 11.1. The molecule has 1 fully saturated rings. The number of carbonyl (C=O) groups is 2. The molecule has 2 aliphatic rings. The zero-order chi connectivity index (χ0) is 19.6. The largest absolute Gasteiger partial charge is 0.486 e. The van der Waals surface area contributed by atoms with Crippen molar-refractivity contribution in [3.05, 3.63) is 23.8 Å². The Kier molecular flexibility index (Phi) is 5.75. The van der Waals surface area contributed by atoms with Gasteiger partial charge in [-0.15, -0.1) is 0 Å². The third-order valence-corrected chi connectivity index (χ3v) is 5.15. The van der Waals surface area contributed by atoms with Crippen molar-refractivity contribution in [3.63, 3.8) is 0 Å². The lowest BCUT2D eigenvalue weighted by atomic mass is 9.88. The maximum absolute atomic E-state index is 12.9.